The third kappa shape index (κ3) is 5.75. The fourth-order valence-electron chi connectivity index (χ4n) is 3.77. The average Bonchev–Trinajstić information content (AvgIpc) is 3.24. The van der Waals surface area contributed by atoms with Gasteiger partial charge in [-0.3, -0.25) is 9.69 Å². The van der Waals surface area contributed by atoms with Crippen LogP contribution in [0, 0.1) is 5.92 Å². The molecule has 0 spiro atoms. The molecule has 0 aliphatic carbocycles. The number of amides is 1. The Bertz CT molecular complexity index is 1060. The van der Waals surface area contributed by atoms with Gasteiger partial charge in [0.1, 0.15) is 5.75 Å². The summed E-state index contributed by atoms with van der Waals surface area (Å²) in [5.74, 6) is 1.88. The number of halogens is 1. The minimum absolute atomic E-state index is 0.0294. The van der Waals surface area contributed by atoms with E-state index in [4.69, 9.17) is 9.26 Å². The van der Waals surface area contributed by atoms with E-state index in [0.29, 0.717) is 24.0 Å². The van der Waals surface area contributed by atoms with E-state index in [-0.39, 0.29) is 17.9 Å². The fourth-order valence-corrected chi connectivity index (χ4v) is 4.17. The molecule has 1 amide bonds. The number of para-hydroxylation sites is 2. The fraction of sp³-hybridized carbons (Fsp3) is 0.375. The lowest BCUT2D eigenvalue weighted by atomic mass is 9.96. The Hall–Kier alpha value is -2.71. The second-order valence-corrected chi connectivity index (χ2v) is 9.14. The van der Waals surface area contributed by atoms with Gasteiger partial charge < -0.3 is 14.6 Å². The highest BCUT2D eigenvalue weighted by molar-refractivity contribution is 9.10. The normalized spacial score (nSPS) is 15.1. The number of aromatic nitrogens is 2. The molecule has 0 bridgehead atoms. The second kappa shape index (κ2) is 10.3. The first-order valence-electron chi connectivity index (χ1n) is 10.9. The Balaban J connectivity index is 1.30. The summed E-state index contributed by atoms with van der Waals surface area (Å²) < 4.78 is 12.2. The van der Waals surface area contributed by atoms with Crippen molar-refractivity contribution in [2.45, 2.75) is 39.3 Å². The number of hydrogen-bond donors (Lipinski definition) is 1. The van der Waals surface area contributed by atoms with Gasteiger partial charge in [-0.1, -0.05) is 45.4 Å². The van der Waals surface area contributed by atoms with Crippen LogP contribution in [0.4, 0.5) is 5.69 Å². The lowest BCUT2D eigenvalue weighted by Gasteiger charge is -2.30. The molecule has 1 fully saturated rings. The Morgan fingerprint density at radius 1 is 1.22 bits per heavy atom. The zero-order valence-corrected chi connectivity index (χ0v) is 19.8. The van der Waals surface area contributed by atoms with Crippen LogP contribution in [0.25, 0.3) is 11.4 Å². The number of carbonyl (C=O) groups is 1. The lowest BCUT2D eigenvalue weighted by molar-refractivity contribution is -0.121. The Kier molecular flexibility index (Phi) is 7.22. The Morgan fingerprint density at radius 2 is 2.00 bits per heavy atom. The SMILES string of the molecule is CC(C)Oc1ccccc1NC(=O)C1CCN(Cc2nc(-c3cccc(Br)c3)no2)CC1. The molecule has 3 aromatic rings. The maximum atomic E-state index is 12.8. The minimum Gasteiger partial charge on any atom is -0.489 e. The summed E-state index contributed by atoms with van der Waals surface area (Å²) in [7, 11) is 0. The molecule has 0 atom stereocenters. The van der Waals surface area contributed by atoms with Crippen LogP contribution in [0.15, 0.2) is 57.5 Å². The van der Waals surface area contributed by atoms with Gasteiger partial charge >= 0.3 is 0 Å². The number of rotatable bonds is 7. The van der Waals surface area contributed by atoms with E-state index in [1.54, 1.807) is 0 Å². The first-order valence-corrected chi connectivity index (χ1v) is 11.6. The quantitative estimate of drug-likeness (QED) is 0.485. The summed E-state index contributed by atoms with van der Waals surface area (Å²) in [4.78, 5) is 19.6. The second-order valence-electron chi connectivity index (χ2n) is 8.22. The smallest absolute Gasteiger partial charge is 0.241 e. The van der Waals surface area contributed by atoms with Crippen molar-refractivity contribution >= 4 is 27.5 Å². The number of anilines is 1. The van der Waals surface area contributed by atoms with E-state index in [2.05, 4.69) is 36.3 Å². The monoisotopic (exact) mass is 498 g/mol. The van der Waals surface area contributed by atoms with Gasteiger partial charge in [-0.15, -0.1) is 0 Å². The van der Waals surface area contributed by atoms with Crippen LogP contribution < -0.4 is 10.1 Å². The van der Waals surface area contributed by atoms with Crippen molar-refractivity contribution in [3.05, 3.63) is 58.9 Å². The molecule has 1 aliphatic rings. The third-order valence-electron chi connectivity index (χ3n) is 5.38. The van der Waals surface area contributed by atoms with Crippen LogP contribution in [0.1, 0.15) is 32.6 Å². The van der Waals surface area contributed by atoms with Crippen molar-refractivity contribution in [1.82, 2.24) is 15.0 Å². The molecule has 0 radical (unpaired) electrons. The molecular formula is C24H27BrN4O3. The van der Waals surface area contributed by atoms with Crippen molar-refractivity contribution in [2.75, 3.05) is 18.4 Å². The topological polar surface area (TPSA) is 80.5 Å². The van der Waals surface area contributed by atoms with E-state index in [1.165, 1.54) is 0 Å². The molecule has 2 aromatic carbocycles. The number of nitrogens with zero attached hydrogens (tertiary/aromatic N) is 3. The van der Waals surface area contributed by atoms with Crippen LogP contribution in [-0.4, -0.2) is 40.1 Å². The highest BCUT2D eigenvalue weighted by atomic mass is 79.9. The van der Waals surface area contributed by atoms with Gasteiger partial charge in [0.25, 0.3) is 0 Å². The maximum absolute atomic E-state index is 12.8. The third-order valence-corrected chi connectivity index (χ3v) is 5.87. The van der Waals surface area contributed by atoms with Gasteiger partial charge in [0, 0.05) is 16.0 Å². The highest BCUT2D eigenvalue weighted by Crippen LogP contribution is 2.27. The minimum atomic E-state index is -0.0294. The molecule has 1 aliphatic heterocycles. The van der Waals surface area contributed by atoms with Gasteiger partial charge in [-0.05, 0) is 64.0 Å². The molecule has 32 heavy (non-hydrogen) atoms. The van der Waals surface area contributed by atoms with Crippen LogP contribution >= 0.6 is 15.9 Å². The molecule has 1 saturated heterocycles. The van der Waals surface area contributed by atoms with Crippen molar-refractivity contribution in [2.24, 2.45) is 5.92 Å². The number of carbonyl (C=O) groups excluding carboxylic acids is 1. The van der Waals surface area contributed by atoms with Crippen molar-refractivity contribution in [3.63, 3.8) is 0 Å². The van der Waals surface area contributed by atoms with E-state index < -0.39 is 0 Å². The van der Waals surface area contributed by atoms with Gasteiger partial charge in [-0.25, -0.2) is 0 Å². The maximum Gasteiger partial charge on any atom is 0.241 e. The first kappa shape index (κ1) is 22.5. The summed E-state index contributed by atoms with van der Waals surface area (Å²) in [5.41, 5.74) is 1.63. The van der Waals surface area contributed by atoms with Crippen LogP contribution in [0.3, 0.4) is 0 Å². The van der Waals surface area contributed by atoms with E-state index in [0.717, 1.165) is 41.7 Å². The summed E-state index contributed by atoms with van der Waals surface area (Å²) >= 11 is 3.46. The molecule has 8 heteroatoms. The summed E-state index contributed by atoms with van der Waals surface area (Å²) in [6.45, 7) is 6.13. The predicted molar refractivity (Wildman–Crippen MR) is 126 cm³/mol. The predicted octanol–water partition coefficient (Wildman–Crippen LogP) is 5.14. The van der Waals surface area contributed by atoms with Crippen LogP contribution in [-0.2, 0) is 11.3 Å². The van der Waals surface area contributed by atoms with Crippen molar-refractivity contribution < 1.29 is 14.1 Å². The van der Waals surface area contributed by atoms with E-state index in [1.807, 2.05) is 62.4 Å². The Morgan fingerprint density at radius 3 is 2.75 bits per heavy atom. The largest absolute Gasteiger partial charge is 0.489 e. The van der Waals surface area contributed by atoms with Gasteiger partial charge in [0.05, 0.1) is 18.3 Å². The van der Waals surface area contributed by atoms with Gasteiger partial charge in [0.2, 0.25) is 17.6 Å². The zero-order chi connectivity index (χ0) is 22.5. The summed E-state index contributed by atoms with van der Waals surface area (Å²) in [6, 6.07) is 15.4. The van der Waals surface area contributed by atoms with E-state index in [9.17, 15) is 4.79 Å². The number of piperidine rings is 1. The number of benzene rings is 2. The molecule has 1 N–H and O–H groups in total. The van der Waals surface area contributed by atoms with E-state index >= 15 is 0 Å². The van der Waals surface area contributed by atoms with Gasteiger partial charge in [-0.2, -0.15) is 4.98 Å². The number of likely N-dealkylation sites (tertiary alicyclic amines) is 1. The number of nitrogens with one attached hydrogen (secondary N) is 1. The Labute approximate surface area is 196 Å². The first-order chi connectivity index (χ1) is 15.5. The highest BCUT2D eigenvalue weighted by Gasteiger charge is 2.26. The molecule has 2 heterocycles. The molecule has 4 rings (SSSR count). The standard InChI is InChI=1S/C24H27BrN4O3/c1-16(2)31-21-9-4-3-8-20(21)26-24(30)17-10-12-29(13-11-17)15-22-27-23(28-32-22)18-6-5-7-19(25)14-18/h3-9,14,16-17H,10-13,15H2,1-2H3,(H,26,30). The lowest BCUT2D eigenvalue weighted by Crippen LogP contribution is -2.37. The molecule has 0 unspecified atom stereocenters. The van der Waals surface area contributed by atoms with Gasteiger partial charge in [0.15, 0.2) is 0 Å². The molecule has 7 nitrogen and oxygen atoms in total. The van der Waals surface area contributed by atoms with Crippen LogP contribution in [0.2, 0.25) is 0 Å². The molecule has 168 valence electrons. The van der Waals surface area contributed by atoms with Crippen LogP contribution in [0.5, 0.6) is 5.75 Å². The molecular weight excluding hydrogens is 472 g/mol. The molecule has 1 aromatic heterocycles. The number of hydrogen-bond acceptors (Lipinski definition) is 6. The summed E-state index contributed by atoms with van der Waals surface area (Å²) in [5, 5.41) is 7.15. The summed E-state index contributed by atoms with van der Waals surface area (Å²) in [6.07, 6.45) is 1.61. The van der Waals surface area contributed by atoms with Crippen molar-refractivity contribution in [1.29, 1.82) is 0 Å². The van der Waals surface area contributed by atoms with Crippen molar-refractivity contribution in [3.8, 4) is 17.1 Å². The number of ether oxygens (including phenoxy) is 1. The molecule has 0 saturated carbocycles. The average molecular weight is 499 g/mol. The zero-order valence-electron chi connectivity index (χ0n) is 18.3.